The van der Waals surface area contributed by atoms with Crippen molar-refractivity contribution in [3.63, 3.8) is 0 Å². The third-order valence-electron chi connectivity index (χ3n) is 2.49. The van der Waals surface area contributed by atoms with Crippen LogP contribution in [0.15, 0.2) is 18.2 Å². The molecule has 1 aliphatic carbocycles. The first-order valence-corrected chi connectivity index (χ1v) is 4.68. The van der Waals surface area contributed by atoms with Gasteiger partial charge >= 0.3 is 0 Å². The second kappa shape index (κ2) is 3.46. The van der Waals surface area contributed by atoms with Crippen molar-refractivity contribution in [3.05, 3.63) is 35.1 Å². The number of hydrogen-bond acceptors (Lipinski definition) is 2. The largest absolute Gasteiger partial charge is 0.346 e. The Hall–Kier alpha value is -1.71. The predicted molar refractivity (Wildman–Crippen MR) is 52.0 cm³/mol. The van der Waals surface area contributed by atoms with E-state index in [-0.39, 0.29) is 23.9 Å². The third-order valence-corrected chi connectivity index (χ3v) is 2.49. The van der Waals surface area contributed by atoms with Gasteiger partial charge in [-0.3, -0.25) is 9.59 Å². The highest BCUT2D eigenvalue weighted by Gasteiger charge is 2.32. The van der Waals surface area contributed by atoms with Crippen molar-refractivity contribution in [2.45, 2.75) is 19.4 Å². The van der Waals surface area contributed by atoms with Crippen molar-refractivity contribution in [2.24, 2.45) is 0 Å². The maximum atomic E-state index is 13.3. The van der Waals surface area contributed by atoms with E-state index >= 15 is 0 Å². The van der Waals surface area contributed by atoms with Gasteiger partial charge in [-0.1, -0.05) is 12.1 Å². The number of fused-ring (bicyclic) bond motifs is 1. The minimum Gasteiger partial charge on any atom is -0.346 e. The Labute approximate surface area is 86.3 Å². The highest BCUT2D eigenvalue weighted by Crippen LogP contribution is 2.24. The van der Waals surface area contributed by atoms with Crippen LogP contribution in [0.25, 0.3) is 0 Å². The van der Waals surface area contributed by atoms with E-state index in [0.717, 1.165) is 0 Å². The molecule has 0 fully saturated rings. The van der Waals surface area contributed by atoms with Crippen LogP contribution in [0.5, 0.6) is 0 Å². The van der Waals surface area contributed by atoms with Gasteiger partial charge in [0.2, 0.25) is 5.91 Å². The SMILES string of the molecule is CC(=O)N[C@H]1Cc2c(F)cccc2C1=O. The molecule has 0 unspecified atom stereocenters. The van der Waals surface area contributed by atoms with Crippen LogP contribution in [0.3, 0.4) is 0 Å². The summed E-state index contributed by atoms with van der Waals surface area (Å²) in [5.74, 6) is -0.866. The van der Waals surface area contributed by atoms with E-state index in [9.17, 15) is 14.0 Å². The number of amides is 1. The zero-order valence-electron chi connectivity index (χ0n) is 8.21. The minimum atomic E-state index is -0.602. The Balaban J connectivity index is 2.33. The van der Waals surface area contributed by atoms with Crippen LogP contribution in [0.4, 0.5) is 4.39 Å². The minimum absolute atomic E-state index is 0.209. The topological polar surface area (TPSA) is 46.2 Å². The van der Waals surface area contributed by atoms with Crippen molar-refractivity contribution in [1.82, 2.24) is 5.32 Å². The molecule has 0 spiro atoms. The zero-order valence-corrected chi connectivity index (χ0v) is 8.21. The molecule has 3 nitrogen and oxygen atoms in total. The Kier molecular flexibility index (Phi) is 2.26. The van der Waals surface area contributed by atoms with Crippen molar-refractivity contribution >= 4 is 11.7 Å². The van der Waals surface area contributed by atoms with Gasteiger partial charge in [-0.05, 0) is 6.07 Å². The molecule has 2 rings (SSSR count). The maximum absolute atomic E-state index is 13.3. The normalized spacial score (nSPS) is 18.8. The zero-order chi connectivity index (χ0) is 11.0. The van der Waals surface area contributed by atoms with E-state index < -0.39 is 6.04 Å². The molecule has 4 heteroatoms. The molecule has 0 bridgehead atoms. The maximum Gasteiger partial charge on any atom is 0.217 e. The van der Waals surface area contributed by atoms with Crippen molar-refractivity contribution in [1.29, 1.82) is 0 Å². The molecular formula is C11H10FNO2. The first-order chi connectivity index (χ1) is 7.09. The first-order valence-electron chi connectivity index (χ1n) is 4.68. The van der Waals surface area contributed by atoms with E-state index in [4.69, 9.17) is 0 Å². The fourth-order valence-corrected chi connectivity index (χ4v) is 1.84. The van der Waals surface area contributed by atoms with Crippen LogP contribution in [-0.4, -0.2) is 17.7 Å². The van der Waals surface area contributed by atoms with Crippen LogP contribution < -0.4 is 5.32 Å². The molecule has 0 radical (unpaired) electrons. The quantitative estimate of drug-likeness (QED) is 0.748. The average molecular weight is 207 g/mol. The summed E-state index contributed by atoms with van der Waals surface area (Å²) < 4.78 is 13.3. The summed E-state index contributed by atoms with van der Waals surface area (Å²) in [5, 5.41) is 2.51. The lowest BCUT2D eigenvalue weighted by atomic mass is 10.1. The van der Waals surface area contributed by atoms with E-state index in [0.29, 0.717) is 11.1 Å². The molecule has 0 aliphatic heterocycles. The van der Waals surface area contributed by atoms with Gasteiger partial charge in [0.25, 0.3) is 0 Å². The lowest BCUT2D eigenvalue weighted by Crippen LogP contribution is -2.37. The fourth-order valence-electron chi connectivity index (χ4n) is 1.84. The Morgan fingerprint density at radius 3 is 2.87 bits per heavy atom. The Morgan fingerprint density at radius 2 is 2.27 bits per heavy atom. The summed E-state index contributed by atoms with van der Waals surface area (Å²) in [6.45, 7) is 1.34. The number of hydrogen-bond donors (Lipinski definition) is 1. The summed E-state index contributed by atoms with van der Waals surface area (Å²) in [6, 6.07) is 3.81. The number of nitrogens with one attached hydrogen (secondary N) is 1. The molecule has 1 aromatic carbocycles. The highest BCUT2D eigenvalue weighted by atomic mass is 19.1. The average Bonchev–Trinajstić information content (AvgIpc) is 2.46. The van der Waals surface area contributed by atoms with E-state index in [1.807, 2.05) is 0 Å². The lowest BCUT2D eigenvalue weighted by molar-refractivity contribution is -0.119. The van der Waals surface area contributed by atoms with Gasteiger partial charge in [-0.15, -0.1) is 0 Å². The molecule has 15 heavy (non-hydrogen) atoms. The van der Waals surface area contributed by atoms with Gasteiger partial charge in [0.05, 0.1) is 6.04 Å². The molecule has 1 aliphatic rings. The molecule has 1 N–H and O–H groups in total. The van der Waals surface area contributed by atoms with Crippen molar-refractivity contribution in [2.75, 3.05) is 0 Å². The lowest BCUT2D eigenvalue weighted by Gasteiger charge is -2.07. The molecule has 0 saturated heterocycles. The van der Waals surface area contributed by atoms with Gasteiger partial charge in [0, 0.05) is 24.5 Å². The summed E-state index contributed by atoms with van der Waals surface area (Å²) >= 11 is 0. The second-order valence-electron chi connectivity index (χ2n) is 3.59. The van der Waals surface area contributed by atoms with Crippen LogP contribution in [-0.2, 0) is 11.2 Å². The van der Waals surface area contributed by atoms with Gasteiger partial charge in [0.15, 0.2) is 5.78 Å². The number of rotatable bonds is 1. The molecule has 0 saturated carbocycles. The van der Waals surface area contributed by atoms with Crippen molar-refractivity contribution in [3.8, 4) is 0 Å². The van der Waals surface area contributed by atoms with E-state index in [1.54, 1.807) is 6.07 Å². The third kappa shape index (κ3) is 1.63. The van der Waals surface area contributed by atoms with E-state index in [1.165, 1.54) is 19.1 Å². The fraction of sp³-hybridized carbons (Fsp3) is 0.273. The van der Waals surface area contributed by atoms with Gasteiger partial charge < -0.3 is 5.32 Å². The van der Waals surface area contributed by atoms with Crippen LogP contribution in [0, 0.1) is 5.82 Å². The van der Waals surface area contributed by atoms with Gasteiger partial charge in [0.1, 0.15) is 5.82 Å². The predicted octanol–water partition coefficient (Wildman–Crippen LogP) is 1.07. The van der Waals surface area contributed by atoms with Crippen molar-refractivity contribution < 1.29 is 14.0 Å². The number of carbonyl (C=O) groups is 2. The summed E-state index contributed by atoms with van der Waals surface area (Å²) in [4.78, 5) is 22.5. The Morgan fingerprint density at radius 1 is 1.53 bits per heavy atom. The van der Waals surface area contributed by atoms with Crippen LogP contribution in [0.2, 0.25) is 0 Å². The van der Waals surface area contributed by atoms with Gasteiger partial charge in [-0.2, -0.15) is 0 Å². The van der Waals surface area contributed by atoms with Gasteiger partial charge in [-0.25, -0.2) is 4.39 Å². The molecule has 0 aromatic heterocycles. The molecule has 1 amide bonds. The monoisotopic (exact) mass is 207 g/mol. The highest BCUT2D eigenvalue weighted by molar-refractivity contribution is 6.05. The molecular weight excluding hydrogens is 197 g/mol. The van der Waals surface area contributed by atoms with Crippen LogP contribution >= 0.6 is 0 Å². The standard InChI is InChI=1S/C11H10FNO2/c1-6(14)13-10-5-8-7(11(10)15)3-2-4-9(8)12/h2-4,10H,5H2,1H3,(H,13,14)/t10-/m0/s1. The number of carbonyl (C=O) groups excluding carboxylic acids is 2. The summed E-state index contributed by atoms with van der Waals surface area (Å²) in [7, 11) is 0. The summed E-state index contributed by atoms with van der Waals surface area (Å²) in [6.07, 6.45) is 0.250. The number of ketones is 1. The molecule has 78 valence electrons. The molecule has 0 heterocycles. The number of halogens is 1. The number of benzene rings is 1. The smallest absolute Gasteiger partial charge is 0.217 e. The van der Waals surface area contributed by atoms with E-state index in [2.05, 4.69) is 5.32 Å². The molecule has 1 atom stereocenters. The molecule has 1 aromatic rings. The Bertz CT molecular complexity index is 442. The second-order valence-corrected chi connectivity index (χ2v) is 3.59. The summed E-state index contributed by atoms with van der Waals surface area (Å²) in [5.41, 5.74) is 0.787. The van der Waals surface area contributed by atoms with Crippen LogP contribution in [0.1, 0.15) is 22.8 Å². The first kappa shape index (κ1) is 9.83. The number of Topliss-reactive ketones (excluding diaryl/α,β-unsaturated/α-hetero) is 1.